The van der Waals surface area contributed by atoms with E-state index in [0.29, 0.717) is 25.4 Å². The molecule has 1 aromatic rings. The first-order chi connectivity index (χ1) is 13.8. The summed E-state index contributed by atoms with van der Waals surface area (Å²) in [5, 5.41) is 3.17. The molecule has 1 aliphatic heterocycles. The van der Waals surface area contributed by atoms with Crippen molar-refractivity contribution in [1.29, 1.82) is 0 Å². The Kier molecular flexibility index (Phi) is 6.81. The number of rotatable bonds is 6. The lowest BCUT2D eigenvalue weighted by Crippen LogP contribution is -2.58. The summed E-state index contributed by atoms with van der Waals surface area (Å²) in [6.07, 6.45) is 10.9. The molecule has 2 fully saturated rings. The number of nitrogens with one attached hydrogen (secondary N) is 1. The first-order valence-electron chi connectivity index (χ1n) is 10.8. The Balaban J connectivity index is 1.93. The summed E-state index contributed by atoms with van der Waals surface area (Å²) in [7, 11) is 0. The van der Waals surface area contributed by atoms with Crippen LogP contribution < -0.4 is 5.32 Å². The molecular weight excluding hydrogens is 368 g/mol. The maximum Gasteiger partial charge on any atom is 0.408 e. The van der Waals surface area contributed by atoms with Gasteiger partial charge in [0.05, 0.1) is 18.1 Å². The van der Waals surface area contributed by atoms with Gasteiger partial charge in [-0.3, -0.25) is 9.78 Å². The van der Waals surface area contributed by atoms with Gasteiger partial charge < -0.3 is 14.8 Å². The SMILES string of the molecule is CC(C)(C)OC(=O)N[C@](Cc1ccncc1)(CC1CCCCC1)[C@H]1CCOC1=O. The Labute approximate surface area is 173 Å². The third-order valence-corrected chi connectivity index (χ3v) is 6.00. The molecule has 1 N–H and O–H groups in total. The van der Waals surface area contributed by atoms with Gasteiger partial charge in [-0.1, -0.05) is 32.1 Å². The summed E-state index contributed by atoms with van der Waals surface area (Å²) in [5.74, 6) is -0.107. The highest BCUT2D eigenvalue weighted by Crippen LogP contribution is 2.39. The third kappa shape index (κ3) is 5.94. The molecule has 1 saturated carbocycles. The van der Waals surface area contributed by atoms with Crippen LogP contribution in [0, 0.1) is 11.8 Å². The number of nitrogens with zero attached hydrogens (tertiary/aromatic N) is 1. The molecule has 6 heteroatoms. The molecule has 3 rings (SSSR count). The predicted octanol–water partition coefficient (Wildman–Crippen LogP) is 4.42. The van der Waals surface area contributed by atoms with Crippen molar-refractivity contribution in [2.24, 2.45) is 11.8 Å². The first kappa shape index (κ1) is 21.6. The van der Waals surface area contributed by atoms with E-state index in [1.807, 2.05) is 32.9 Å². The van der Waals surface area contributed by atoms with E-state index in [1.54, 1.807) is 12.4 Å². The molecule has 2 atom stereocenters. The van der Waals surface area contributed by atoms with Crippen LogP contribution in [0.2, 0.25) is 0 Å². The minimum atomic E-state index is -0.723. The van der Waals surface area contributed by atoms with Crippen LogP contribution >= 0.6 is 0 Å². The van der Waals surface area contributed by atoms with Crippen LogP contribution in [0.1, 0.15) is 71.3 Å². The van der Waals surface area contributed by atoms with Gasteiger partial charge in [0.1, 0.15) is 5.60 Å². The summed E-state index contributed by atoms with van der Waals surface area (Å²) >= 11 is 0. The number of alkyl carbamates (subject to hydrolysis) is 1. The van der Waals surface area contributed by atoms with Gasteiger partial charge >= 0.3 is 12.1 Å². The molecule has 2 heterocycles. The van der Waals surface area contributed by atoms with E-state index < -0.39 is 17.2 Å². The second kappa shape index (κ2) is 9.14. The Morgan fingerprint density at radius 2 is 1.86 bits per heavy atom. The molecule has 1 aromatic heterocycles. The van der Waals surface area contributed by atoms with Crippen LogP contribution in [-0.4, -0.2) is 34.8 Å². The van der Waals surface area contributed by atoms with E-state index in [4.69, 9.17) is 9.47 Å². The molecule has 0 aromatic carbocycles. The number of amides is 1. The van der Waals surface area contributed by atoms with Gasteiger partial charge in [0.15, 0.2) is 0 Å². The zero-order valence-corrected chi connectivity index (χ0v) is 17.9. The zero-order chi connectivity index (χ0) is 20.9. The van der Waals surface area contributed by atoms with Crippen molar-refractivity contribution in [3.63, 3.8) is 0 Å². The van der Waals surface area contributed by atoms with Crippen LogP contribution in [0.3, 0.4) is 0 Å². The van der Waals surface area contributed by atoms with E-state index in [-0.39, 0.29) is 11.9 Å². The van der Waals surface area contributed by atoms with E-state index in [9.17, 15) is 9.59 Å². The van der Waals surface area contributed by atoms with E-state index in [2.05, 4.69) is 10.3 Å². The Hall–Kier alpha value is -2.11. The van der Waals surface area contributed by atoms with Crippen molar-refractivity contribution in [2.45, 2.75) is 83.3 Å². The normalized spacial score (nSPS) is 22.6. The summed E-state index contributed by atoms with van der Waals surface area (Å²) in [4.78, 5) is 29.7. The highest BCUT2D eigenvalue weighted by atomic mass is 16.6. The quantitative estimate of drug-likeness (QED) is 0.713. The number of hydrogen-bond donors (Lipinski definition) is 1. The van der Waals surface area contributed by atoms with Crippen molar-refractivity contribution < 1.29 is 19.1 Å². The molecule has 0 bridgehead atoms. The number of hydrogen-bond acceptors (Lipinski definition) is 5. The summed E-state index contributed by atoms with van der Waals surface area (Å²) in [5.41, 5.74) is -0.279. The number of cyclic esters (lactones) is 1. The monoisotopic (exact) mass is 402 g/mol. The van der Waals surface area contributed by atoms with Gasteiger partial charge in [0.25, 0.3) is 0 Å². The number of pyridine rings is 1. The number of carbonyl (C=O) groups is 2. The largest absolute Gasteiger partial charge is 0.465 e. The van der Waals surface area contributed by atoms with Crippen molar-refractivity contribution >= 4 is 12.1 Å². The molecule has 160 valence electrons. The van der Waals surface area contributed by atoms with Gasteiger partial charge in [0, 0.05) is 12.4 Å². The third-order valence-electron chi connectivity index (χ3n) is 6.00. The fraction of sp³-hybridized carbons (Fsp3) is 0.696. The first-order valence-corrected chi connectivity index (χ1v) is 10.8. The van der Waals surface area contributed by atoms with Gasteiger partial charge in [-0.05, 0) is 63.6 Å². The van der Waals surface area contributed by atoms with Crippen molar-refractivity contribution in [2.75, 3.05) is 6.61 Å². The number of esters is 1. The molecule has 0 unspecified atom stereocenters. The van der Waals surface area contributed by atoms with Gasteiger partial charge in [-0.15, -0.1) is 0 Å². The van der Waals surface area contributed by atoms with Crippen LogP contribution in [-0.2, 0) is 20.7 Å². The summed E-state index contributed by atoms with van der Waals surface area (Å²) in [6, 6.07) is 3.90. The van der Waals surface area contributed by atoms with Crippen LogP contribution in [0.4, 0.5) is 4.79 Å². The lowest BCUT2D eigenvalue weighted by atomic mass is 9.70. The van der Waals surface area contributed by atoms with Crippen molar-refractivity contribution in [3.8, 4) is 0 Å². The maximum atomic E-state index is 12.9. The topological polar surface area (TPSA) is 77.5 Å². The van der Waals surface area contributed by atoms with Crippen LogP contribution in [0.15, 0.2) is 24.5 Å². The maximum absolute atomic E-state index is 12.9. The van der Waals surface area contributed by atoms with E-state index in [0.717, 1.165) is 24.8 Å². The van der Waals surface area contributed by atoms with Crippen LogP contribution in [0.25, 0.3) is 0 Å². The standard InChI is InChI=1S/C23H34N2O4/c1-22(2,3)29-21(27)25-23(19-11-14-28-20(19)26,15-17-7-5-4-6-8-17)16-18-9-12-24-13-10-18/h9-10,12-13,17,19H,4-8,11,14-16H2,1-3H3,(H,25,27)/t19-,23-/m0/s1. The molecule has 0 radical (unpaired) electrons. The van der Waals surface area contributed by atoms with Crippen molar-refractivity contribution in [1.82, 2.24) is 10.3 Å². The lowest BCUT2D eigenvalue weighted by molar-refractivity contribution is -0.143. The molecule has 1 amide bonds. The lowest BCUT2D eigenvalue weighted by Gasteiger charge is -2.42. The molecule has 1 aliphatic carbocycles. The number of ether oxygens (including phenoxy) is 2. The summed E-state index contributed by atoms with van der Waals surface area (Å²) in [6.45, 7) is 5.95. The van der Waals surface area contributed by atoms with Crippen LogP contribution in [0.5, 0.6) is 0 Å². The summed E-state index contributed by atoms with van der Waals surface area (Å²) < 4.78 is 10.9. The molecule has 29 heavy (non-hydrogen) atoms. The smallest absolute Gasteiger partial charge is 0.408 e. The zero-order valence-electron chi connectivity index (χ0n) is 17.9. The van der Waals surface area contributed by atoms with Crippen molar-refractivity contribution in [3.05, 3.63) is 30.1 Å². The average molecular weight is 403 g/mol. The van der Waals surface area contributed by atoms with Gasteiger partial charge in [-0.25, -0.2) is 4.79 Å². The molecule has 6 nitrogen and oxygen atoms in total. The minimum Gasteiger partial charge on any atom is -0.465 e. The molecule has 2 aliphatic rings. The minimum absolute atomic E-state index is 0.217. The fourth-order valence-electron chi connectivity index (χ4n) is 4.80. The van der Waals surface area contributed by atoms with Gasteiger partial charge in [0.2, 0.25) is 0 Å². The number of aromatic nitrogens is 1. The number of carbonyl (C=O) groups excluding carboxylic acids is 2. The average Bonchev–Trinajstić information content (AvgIpc) is 3.08. The second-order valence-electron chi connectivity index (χ2n) is 9.53. The van der Waals surface area contributed by atoms with E-state index in [1.165, 1.54) is 19.3 Å². The Bertz CT molecular complexity index is 695. The highest BCUT2D eigenvalue weighted by molar-refractivity contribution is 5.78. The van der Waals surface area contributed by atoms with E-state index >= 15 is 0 Å². The molecule has 0 spiro atoms. The Morgan fingerprint density at radius 1 is 1.17 bits per heavy atom. The fourth-order valence-corrected chi connectivity index (χ4v) is 4.80. The molecular formula is C23H34N2O4. The second-order valence-corrected chi connectivity index (χ2v) is 9.53. The predicted molar refractivity (Wildman–Crippen MR) is 110 cm³/mol. The Morgan fingerprint density at radius 3 is 2.45 bits per heavy atom. The van der Waals surface area contributed by atoms with Gasteiger partial charge in [-0.2, -0.15) is 0 Å². The molecule has 1 saturated heterocycles. The highest BCUT2D eigenvalue weighted by Gasteiger charge is 2.49.